The summed E-state index contributed by atoms with van der Waals surface area (Å²) < 4.78 is 0. The Morgan fingerprint density at radius 1 is 0.857 bits per heavy atom. The average Bonchev–Trinajstić information content (AvgIpc) is 2.54. The Kier molecular flexibility index (Phi) is 3.62. The molecule has 0 saturated carbocycles. The number of hydrogen-bond acceptors (Lipinski definition) is 2. The van der Waals surface area contributed by atoms with Crippen molar-refractivity contribution in [1.82, 2.24) is 0 Å². The molecule has 21 heavy (non-hydrogen) atoms. The molecular weight excluding hydrogens is 282 g/mol. The first-order valence-electron chi connectivity index (χ1n) is 6.59. The normalized spacial score (nSPS) is 12.2. The van der Waals surface area contributed by atoms with Crippen LogP contribution in [-0.2, 0) is 12.6 Å². The van der Waals surface area contributed by atoms with Gasteiger partial charge in [0.15, 0.2) is 5.25 Å². The van der Waals surface area contributed by atoms with E-state index >= 15 is 0 Å². The second kappa shape index (κ2) is 5.58. The Labute approximate surface area is 127 Å². The highest BCUT2D eigenvalue weighted by Crippen LogP contribution is 2.27. The van der Waals surface area contributed by atoms with Gasteiger partial charge in [0.25, 0.3) is 5.69 Å². The molecule has 0 radical (unpaired) electrons. The van der Waals surface area contributed by atoms with Gasteiger partial charge in [0.05, 0.1) is 4.92 Å². The largest absolute Gasteiger partial charge is 0.269 e. The van der Waals surface area contributed by atoms with Gasteiger partial charge in [-0.3, -0.25) is 10.1 Å². The van der Waals surface area contributed by atoms with Gasteiger partial charge >= 0.3 is 0 Å². The number of nitrogens with zero attached hydrogens (tertiary/aromatic N) is 1. The summed E-state index contributed by atoms with van der Waals surface area (Å²) in [7, 11) is 0. The van der Waals surface area contributed by atoms with E-state index in [4.69, 9.17) is 0 Å². The van der Waals surface area contributed by atoms with E-state index in [1.54, 1.807) is 12.1 Å². The number of rotatable bonds is 3. The van der Waals surface area contributed by atoms with Crippen molar-refractivity contribution < 1.29 is 4.92 Å². The standard InChI is InChI=1S/C17H13NO2S/c19-18(20)16-9-7-13(8-10-16)17(21)15-6-5-12-3-1-2-4-14(12)11-15/h1-11,17,21H/p+1. The van der Waals surface area contributed by atoms with Crippen molar-refractivity contribution >= 4 is 29.1 Å². The first-order chi connectivity index (χ1) is 10.1. The minimum atomic E-state index is -0.386. The summed E-state index contributed by atoms with van der Waals surface area (Å²) >= 11 is 3.73. The van der Waals surface area contributed by atoms with E-state index in [1.165, 1.54) is 22.9 Å². The molecular formula is C17H14NO2S+. The summed E-state index contributed by atoms with van der Waals surface area (Å²) in [5.41, 5.74) is 2.22. The molecule has 0 aliphatic heterocycles. The molecule has 0 aromatic heterocycles. The summed E-state index contributed by atoms with van der Waals surface area (Å²) in [5, 5.41) is 13.1. The zero-order chi connectivity index (χ0) is 14.8. The van der Waals surface area contributed by atoms with Crippen LogP contribution in [0.4, 0.5) is 5.69 Å². The van der Waals surface area contributed by atoms with Crippen molar-refractivity contribution in [2.45, 2.75) is 5.25 Å². The van der Waals surface area contributed by atoms with Crippen molar-refractivity contribution in [1.29, 1.82) is 0 Å². The Morgan fingerprint density at radius 2 is 1.48 bits per heavy atom. The van der Waals surface area contributed by atoms with Gasteiger partial charge in [-0.15, -0.1) is 0 Å². The lowest BCUT2D eigenvalue weighted by Gasteiger charge is -2.08. The molecule has 0 saturated heterocycles. The van der Waals surface area contributed by atoms with E-state index in [2.05, 4.69) is 43.0 Å². The molecule has 104 valence electrons. The lowest BCUT2D eigenvalue weighted by molar-refractivity contribution is -0.384. The fourth-order valence-electron chi connectivity index (χ4n) is 2.37. The van der Waals surface area contributed by atoms with Gasteiger partial charge in [-0.25, -0.2) is 0 Å². The van der Waals surface area contributed by atoms with E-state index in [9.17, 15) is 10.1 Å². The van der Waals surface area contributed by atoms with Crippen LogP contribution in [0.5, 0.6) is 0 Å². The highest BCUT2D eigenvalue weighted by molar-refractivity contribution is 7.59. The number of nitro groups is 1. The van der Waals surface area contributed by atoms with Gasteiger partial charge in [0, 0.05) is 23.3 Å². The molecule has 3 nitrogen and oxygen atoms in total. The molecule has 0 fully saturated rings. The smallest absolute Gasteiger partial charge is 0.258 e. The second-order valence-corrected chi connectivity index (χ2v) is 5.47. The van der Waals surface area contributed by atoms with Gasteiger partial charge in [0.1, 0.15) is 0 Å². The lowest BCUT2D eigenvalue weighted by Crippen LogP contribution is -1.97. The molecule has 0 aliphatic carbocycles. The molecule has 3 rings (SSSR count). The Bertz CT molecular complexity index is 799. The van der Waals surface area contributed by atoms with Crippen molar-refractivity contribution in [2.75, 3.05) is 0 Å². The van der Waals surface area contributed by atoms with E-state index < -0.39 is 0 Å². The molecule has 0 spiro atoms. The van der Waals surface area contributed by atoms with Crippen molar-refractivity contribution in [3.8, 4) is 0 Å². The molecule has 0 N–H and O–H groups in total. The first kappa shape index (κ1) is 13.6. The maximum atomic E-state index is 10.7. The van der Waals surface area contributed by atoms with Crippen LogP contribution in [-0.4, -0.2) is 4.92 Å². The third kappa shape index (κ3) is 2.76. The minimum absolute atomic E-state index is 0.00964. The second-order valence-electron chi connectivity index (χ2n) is 4.89. The van der Waals surface area contributed by atoms with E-state index in [0.29, 0.717) is 0 Å². The van der Waals surface area contributed by atoms with Gasteiger partial charge in [-0.1, -0.05) is 36.4 Å². The minimum Gasteiger partial charge on any atom is -0.258 e. The molecule has 0 amide bonds. The zero-order valence-corrected chi connectivity index (χ0v) is 12.2. The van der Waals surface area contributed by atoms with Crippen molar-refractivity contribution in [3.05, 3.63) is 88.0 Å². The lowest BCUT2D eigenvalue weighted by atomic mass is 10.0. The van der Waals surface area contributed by atoms with E-state index in [0.717, 1.165) is 11.1 Å². The van der Waals surface area contributed by atoms with Crippen LogP contribution in [0.25, 0.3) is 10.8 Å². The SMILES string of the molecule is O=[N+]([O-])c1ccc(C([SH2+])c2ccc3ccccc3c2)cc1. The number of hydrogen-bond donors (Lipinski definition) is 0. The van der Waals surface area contributed by atoms with E-state index in [1.807, 2.05) is 12.1 Å². The summed E-state index contributed by atoms with van der Waals surface area (Å²) in [5.74, 6) is 0. The quantitative estimate of drug-likeness (QED) is 0.418. The molecule has 0 heterocycles. The third-order valence-electron chi connectivity index (χ3n) is 3.54. The average molecular weight is 296 g/mol. The highest BCUT2D eigenvalue weighted by atomic mass is 32.1. The summed E-state index contributed by atoms with van der Waals surface area (Å²) in [6.45, 7) is 0. The number of non-ortho nitro benzene ring substituents is 1. The fraction of sp³-hybridized carbons (Fsp3) is 0.0588. The fourth-order valence-corrected chi connectivity index (χ4v) is 2.74. The molecule has 4 heteroatoms. The number of nitro benzene ring substituents is 1. The van der Waals surface area contributed by atoms with Crippen LogP contribution in [0, 0.1) is 10.1 Å². The first-order valence-corrected chi connectivity index (χ1v) is 7.17. The highest BCUT2D eigenvalue weighted by Gasteiger charge is 2.16. The van der Waals surface area contributed by atoms with Crippen LogP contribution in [0.1, 0.15) is 16.4 Å². The maximum absolute atomic E-state index is 10.7. The number of benzene rings is 3. The molecule has 0 bridgehead atoms. The zero-order valence-electron chi connectivity index (χ0n) is 11.2. The molecule has 3 aromatic rings. The van der Waals surface area contributed by atoms with Gasteiger partial charge in [-0.05, 0) is 41.6 Å². The monoisotopic (exact) mass is 296 g/mol. The number of fused-ring (bicyclic) bond motifs is 1. The molecule has 1 atom stereocenters. The molecule has 1 unspecified atom stereocenters. The van der Waals surface area contributed by atoms with Crippen LogP contribution < -0.4 is 0 Å². The van der Waals surface area contributed by atoms with Crippen LogP contribution in [0.3, 0.4) is 0 Å². The van der Waals surface area contributed by atoms with Gasteiger partial charge in [-0.2, -0.15) is 0 Å². The Hall–Kier alpha value is -2.33. The third-order valence-corrected chi connectivity index (χ3v) is 4.21. The summed E-state index contributed by atoms with van der Waals surface area (Å²) in [6.07, 6.45) is 0. The molecule has 3 aromatic carbocycles. The van der Waals surface area contributed by atoms with E-state index in [-0.39, 0.29) is 15.9 Å². The van der Waals surface area contributed by atoms with Crippen molar-refractivity contribution in [2.24, 2.45) is 0 Å². The predicted octanol–water partition coefficient (Wildman–Crippen LogP) is 3.85. The van der Waals surface area contributed by atoms with Crippen LogP contribution in [0.15, 0.2) is 66.7 Å². The Balaban J connectivity index is 1.95. The van der Waals surface area contributed by atoms with Crippen LogP contribution >= 0.6 is 0 Å². The topological polar surface area (TPSA) is 43.1 Å². The molecule has 0 aliphatic rings. The Morgan fingerprint density at radius 3 is 2.14 bits per heavy atom. The van der Waals surface area contributed by atoms with Crippen molar-refractivity contribution in [3.63, 3.8) is 0 Å². The van der Waals surface area contributed by atoms with Gasteiger partial charge in [0.2, 0.25) is 0 Å². The summed E-state index contributed by atoms with van der Waals surface area (Å²) in [4.78, 5) is 10.3. The maximum Gasteiger partial charge on any atom is 0.269 e. The van der Waals surface area contributed by atoms with Gasteiger partial charge < -0.3 is 0 Å². The van der Waals surface area contributed by atoms with Crippen LogP contribution in [0.2, 0.25) is 0 Å². The predicted molar refractivity (Wildman–Crippen MR) is 89.0 cm³/mol. The summed E-state index contributed by atoms with van der Waals surface area (Å²) in [6, 6.07) is 21.1.